The number of methoxy groups -OCH3 is 2. The number of benzene rings is 1. The third-order valence-electron chi connectivity index (χ3n) is 4.53. The molecule has 0 spiro atoms. The van der Waals surface area contributed by atoms with E-state index in [1.807, 2.05) is 6.07 Å². The fraction of sp³-hybridized carbons (Fsp3) is 0.667. The van der Waals surface area contributed by atoms with Crippen molar-refractivity contribution in [3.05, 3.63) is 23.8 Å². The normalized spacial score (nSPS) is 23.6. The van der Waals surface area contributed by atoms with Crippen molar-refractivity contribution in [2.75, 3.05) is 14.2 Å². The second kappa shape index (κ2) is 7.69. The number of hydrogen-bond acceptors (Lipinski definition) is 3. The molecule has 3 heteroatoms. The lowest BCUT2D eigenvalue weighted by Gasteiger charge is -2.29. The molecule has 0 bridgehead atoms. The highest BCUT2D eigenvalue weighted by molar-refractivity contribution is 5.43. The molecule has 0 radical (unpaired) electrons. The SMILES string of the molecule is COc1ccc(CC(C)NC2CCC(C)CC2)cc1OC. The van der Waals surface area contributed by atoms with Crippen LogP contribution in [0.1, 0.15) is 45.1 Å². The summed E-state index contributed by atoms with van der Waals surface area (Å²) in [4.78, 5) is 0. The topological polar surface area (TPSA) is 30.5 Å². The summed E-state index contributed by atoms with van der Waals surface area (Å²) in [6, 6.07) is 7.38. The van der Waals surface area contributed by atoms with Gasteiger partial charge >= 0.3 is 0 Å². The lowest BCUT2D eigenvalue weighted by atomic mass is 9.87. The summed E-state index contributed by atoms with van der Waals surface area (Å²) in [5.41, 5.74) is 1.29. The Morgan fingerprint density at radius 1 is 1.10 bits per heavy atom. The van der Waals surface area contributed by atoms with Gasteiger partial charge in [0.2, 0.25) is 0 Å². The molecule has 1 aromatic carbocycles. The Bertz CT molecular complexity index is 439. The zero-order chi connectivity index (χ0) is 15.2. The van der Waals surface area contributed by atoms with E-state index in [1.54, 1.807) is 14.2 Å². The van der Waals surface area contributed by atoms with E-state index in [9.17, 15) is 0 Å². The molecular weight excluding hydrogens is 262 g/mol. The zero-order valence-corrected chi connectivity index (χ0v) is 13.8. The van der Waals surface area contributed by atoms with Gasteiger partial charge in [-0.15, -0.1) is 0 Å². The van der Waals surface area contributed by atoms with Crippen LogP contribution >= 0.6 is 0 Å². The molecule has 0 amide bonds. The van der Waals surface area contributed by atoms with Gasteiger partial charge in [-0.1, -0.05) is 13.0 Å². The van der Waals surface area contributed by atoms with Gasteiger partial charge < -0.3 is 14.8 Å². The van der Waals surface area contributed by atoms with Crippen LogP contribution in [0, 0.1) is 5.92 Å². The Morgan fingerprint density at radius 3 is 2.38 bits per heavy atom. The summed E-state index contributed by atoms with van der Waals surface area (Å²) >= 11 is 0. The second-order valence-electron chi connectivity index (χ2n) is 6.42. The van der Waals surface area contributed by atoms with E-state index in [-0.39, 0.29) is 0 Å². The lowest BCUT2D eigenvalue weighted by molar-refractivity contribution is 0.290. The van der Waals surface area contributed by atoms with Crippen molar-refractivity contribution in [2.45, 2.75) is 58.0 Å². The van der Waals surface area contributed by atoms with Crippen LogP contribution in [0.5, 0.6) is 11.5 Å². The van der Waals surface area contributed by atoms with Crippen LogP contribution in [-0.2, 0) is 6.42 Å². The van der Waals surface area contributed by atoms with E-state index in [4.69, 9.17) is 9.47 Å². The van der Waals surface area contributed by atoms with E-state index in [2.05, 4.69) is 31.3 Å². The lowest BCUT2D eigenvalue weighted by Crippen LogP contribution is -2.39. The molecule has 118 valence electrons. The largest absolute Gasteiger partial charge is 0.493 e. The first-order valence-electron chi connectivity index (χ1n) is 8.09. The average Bonchev–Trinajstić information content (AvgIpc) is 2.49. The minimum absolute atomic E-state index is 0.488. The van der Waals surface area contributed by atoms with Gasteiger partial charge in [-0.2, -0.15) is 0 Å². The molecule has 0 heterocycles. The van der Waals surface area contributed by atoms with Crippen LogP contribution in [0.15, 0.2) is 18.2 Å². The summed E-state index contributed by atoms with van der Waals surface area (Å²) in [7, 11) is 3.36. The van der Waals surface area contributed by atoms with E-state index in [1.165, 1.54) is 31.2 Å². The Hall–Kier alpha value is -1.22. The van der Waals surface area contributed by atoms with Gasteiger partial charge in [0.25, 0.3) is 0 Å². The third-order valence-corrected chi connectivity index (χ3v) is 4.53. The molecule has 1 saturated carbocycles. The van der Waals surface area contributed by atoms with Gasteiger partial charge in [-0.05, 0) is 62.6 Å². The minimum Gasteiger partial charge on any atom is -0.493 e. The zero-order valence-electron chi connectivity index (χ0n) is 13.8. The number of hydrogen-bond donors (Lipinski definition) is 1. The fourth-order valence-electron chi connectivity index (χ4n) is 3.25. The van der Waals surface area contributed by atoms with E-state index in [0.29, 0.717) is 12.1 Å². The first-order valence-corrected chi connectivity index (χ1v) is 8.09. The van der Waals surface area contributed by atoms with Gasteiger partial charge in [-0.3, -0.25) is 0 Å². The highest BCUT2D eigenvalue weighted by Crippen LogP contribution is 2.28. The fourth-order valence-corrected chi connectivity index (χ4v) is 3.25. The predicted molar refractivity (Wildman–Crippen MR) is 87.3 cm³/mol. The molecule has 1 fully saturated rings. The summed E-state index contributed by atoms with van der Waals surface area (Å²) in [6.07, 6.45) is 6.38. The molecule has 1 atom stereocenters. The molecule has 21 heavy (non-hydrogen) atoms. The minimum atomic E-state index is 0.488. The van der Waals surface area contributed by atoms with Gasteiger partial charge in [0, 0.05) is 12.1 Å². The second-order valence-corrected chi connectivity index (χ2v) is 6.42. The maximum Gasteiger partial charge on any atom is 0.160 e. The third kappa shape index (κ3) is 4.63. The highest BCUT2D eigenvalue weighted by Gasteiger charge is 2.19. The van der Waals surface area contributed by atoms with Crippen LogP contribution in [0.2, 0.25) is 0 Å². The van der Waals surface area contributed by atoms with Crippen molar-refractivity contribution in [1.29, 1.82) is 0 Å². The van der Waals surface area contributed by atoms with Crippen molar-refractivity contribution in [3.8, 4) is 11.5 Å². The quantitative estimate of drug-likeness (QED) is 0.864. The number of ether oxygens (including phenoxy) is 2. The van der Waals surface area contributed by atoms with Crippen molar-refractivity contribution < 1.29 is 9.47 Å². The summed E-state index contributed by atoms with van der Waals surface area (Å²) in [6.45, 7) is 4.64. The Labute approximate surface area is 129 Å². The van der Waals surface area contributed by atoms with Crippen LogP contribution in [0.4, 0.5) is 0 Å². The maximum atomic E-state index is 5.37. The molecule has 0 aromatic heterocycles. The molecule has 1 unspecified atom stereocenters. The number of nitrogens with one attached hydrogen (secondary N) is 1. The van der Waals surface area contributed by atoms with Gasteiger partial charge in [0.1, 0.15) is 0 Å². The summed E-state index contributed by atoms with van der Waals surface area (Å²) < 4.78 is 10.7. The maximum absolute atomic E-state index is 5.37. The monoisotopic (exact) mass is 291 g/mol. The van der Waals surface area contributed by atoms with Gasteiger partial charge in [0.05, 0.1) is 14.2 Å². The van der Waals surface area contributed by atoms with Crippen LogP contribution in [0.25, 0.3) is 0 Å². The first-order chi connectivity index (χ1) is 10.1. The van der Waals surface area contributed by atoms with Crippen LogP contribution in [-0.4, -0.2) is 26.3 Å². The molecule has 1 aliphatic carbocycles. The first kappa shape index (κ1) is 16.2. The van der Waals surface area contributed by atoms with Crippen LogP contribution in [0.3, 0.4) is 0 Å². The van der Waals surface area contributed by atoms with E-state index >= 15 is 0 Å². The molecule has 1 aromatic rings. The summed E-state index contributed by atoms with van der Waals surface area (Å²) in [5, 5.41) is 3.78. The Balaban J connectivity index is 1.88. The van der Waals surface area contributed by atoms with Crippen molar-refractivity contribution in [2.24, 2.45) is 5.92 Å². The standard InChI is InChI=1S/C18H29NO2/c1-13-5-8-16(9-6-13)19-14(2)11-15-7-10-17(20-3)18(12-15)21-4/h7,10,12-14,16,19H,5-6,8-9,11H2,1-4H3. The predicted octanol–water partition coefficient (Wildman–Crippen LogP) is 3.80. The number of rotatable bonds is 6. The molecule has 1 aliphatic rings. The molecule has 3 nitrogen and oxygen atoms in total. The van der Waals surface area contributed by atoms with Crippen LogP contribution < -0.4 is 14.8 Å². The van der Waals surface area contributed by atoms with Crippen molar-refractivity contribution in [3.63, 3.8) is 0 Å². The highest BCUT2D eigenvalue weighted by atomic mass is 16.5. The molecular formula is C18H29NO2. The van der Waals surface area contributed by atoms with Gasteiger partial charge in [-0.25, -0.2) is 0 Å². The van der Waals surface area contributed by atoms with Gasteiger partial charge in [0.15, 0.2) is 11.5 Å². The molecule has 2 rings (SSSR count). The Morgan fingerprint density at radius 2 is 1.76 bits per heavy atom. The van der Waals surface area contributed by atoms with Crippen molar-refractivity contribution in [1.82, 2.24) is 5.32 Å². The van der Waals surface area contributed by atoms with E-state index < -0.39 is 0 Å². The summed E-state index contributed by atoms with van der Waals surface area (Å²) in [5.74, 6) is 2.51. The molecule has 0 saturated heterocycles. The molecule has 0 aliphatic heterocycles. The van der Waals surface area contributed by atoms with E-state index in [0.717, 1.165) is 23.8 Å². The van der Waals surface area contributed by atoms with Crippen molar-refractivity contribution >= 4 is 0 Å². The average molecular weight is 291 g/mol. The Kier molecular flexibility index (Phi) is 5.92. The smallest absolute Gasteiger partial charge is 0.160 e. The molecule has 1 N–H and O–H groups in total.